The number of β-amino-alcohol motifs (C(OH)–C–C–N with tert-alkyl or cyclic N) is 1. The second-order valence-electron chi connectivity index (χ2n) is 10.8. The average molecular weight is 360 g/mol. The molecule has 0 radical (unpaired) electrons. The summed E-state index contributed by atoms with van der Waals surface area (Å²) in [6, 6.07) is 0. The van der Waals surface area contributed by atoms with Gasteiger partial charge >= 0.3 is 0 Å². The van der Waals surface area contributed by atoms with Crippen molar-refractivity contribution in [3.8, 4) is 0 Å². The van der Waals surface area contributed by atoms with E-state index < -0.39 is 0 Å². The van der Waals surface area contributed by atoms with Gasteiger partial charge in [0.25, 0.3) is 0 Å². The van der Waals surface area contributed by atoms with Crippen molar-refractivity contribution in [1.82, 2.24) is 4.90 Å². The summed E-state index contributed by atoms with van der Waals surface area (Å²) in [6.45, 7) is 8.69. The van der Waals surface area contributed by atoms with Crippen LogP contribution in [-0.4, -0.2) is 53.2 Å². The Hall–Kier alpha value is -0.420. The molecule has 3 heterocycles. The largest absolute Gasteiger partial charge is 0.395 e. The molecule has 0 aromatic heterocycles. The van der Waals surface area contributed by atoms with Gasteiger partial charge in [-0.2, -0.15) is 0 Å². The smallest absolute Gasteiger partial charge is 0.117 e. The van der Waals surface area contributed by atoms with Gasteiger partial charge in [0.2, 0.25) is 0 Å². The van der Waals surface area contributed by atoms with Crippen LogP contribution in [0.2, 0.25) is 0 Å². The van der Waals surface area contributed by atoms with Crippen molar-refractivity contribution in [2.75, 3.05) is 19.7 Å². The van der Waals surface area contributed by atoms with Gasteiger partial charge in [-0.1, -0.05) is 25.5 Å². The highest BCUT2D eigenvalue weighted by molar-refractivity contribution is 5.30. The van der Waals surface area contributed by atoms with Crippen LogP contribution in [0.5, 0.6) is 0 Å². The lowest BCUT2D eigenvalue weighted by Gasteiger charge is -2.80. The van der Waals surface area contributed by atoms with Crippen molar-refractivity contribution in [2.24, 2.45) is 34.0 Å². The molecule has 3 unspecified atom stereocenters. The molecule has 0 amide bonds. The maximum Gasteiger partial charge on any atom is 0.117 e. The molecule has 26 heavy (non-hydrogen) atoms. The molecule has 3 saturated heterocycles. The minimum absolute atomic E-state index is 0.0405. The van der Waals surface area contributed by atoms with Crippen molar-refractivity contribution in [3.05, 3.63) is 12.2 Å². The summed E-state index contributed by atoms with van der Waals surface area (Å²) in [5, 5.41) is 21.3. The van der Waals surface area contributed by atoms with Crippen molar-refractivity contribution in [1.29, 1.82) is 0 Å². The quantitative estimate of drug-likeness (QED) is 0.744. The molecule has 2 spiro atoms. The van der Waals surface area contributed by atoms with Crippen molar-refractivity contribution in [2.45, 2.75) is 70.3 Å². The number of hydrogen-bond donors (Lipinski definition) is 2. The van der Waals surface area contributed by atoms with Gasteiger partial charge in [-0.15, -0.1) is 0 Å². The second-order valence-corrected chi connectivity index (χ2v) is 10.8. The molecule has 144 valence electrons. The zero-order valence-electron chi connectivity index (χ0n) is 16.0. The third-order valence-corrected chi connectivity index (χ3v) is 9.88. The minimum atomic E-state index is -0.327. The molecule has 4 nitrogen and oxygen atoms in total. The number of fused-ring (bicyclic) bond motifs is 2. The molecule has 7 bridgehead atoms. The SMILES string of the molecule is C=C1C[C@]23CC[C@H]1C[C@H]2C12CCCC4(C)CN(CCO)[C@@H]1OC3[C@@H](O)[C@H]42. The average Bonchev–Trinajstić information content (AvgIpc) is 2.60. The van der Waals surface area contributed by atoms with Crippen LogP contribution in [0.3, 0.4) is 0 Å². The molecule has 5 saturated carbocycles. The Morgan fingerprint density at radius 2 is 2.15 bits per heavy atom. The second kappa shape index (κ2) is 4.94. The van der Waals surface area contributed by atoms with Crippen LogP contribution in [0.4, 0.5) is 0 Å². The third-order valence-electron chi connectivity index (χ3n) is 9.88. The first kappa shape index (κ1) is 16.5. The van der Waals surface area contributed by atoms with Crippen LogP contribution in [0, 0.1) is 34.0 Å². The summed E-state index contributed by atoms with van der Waals surface area (Å²) in [5.41, 5.74) is 1.77. The summed E-state index contributed by atoms with van der Waals surface area (Å²) < 4.78 is 6.82. The van der Waals surface area contributed by atoms with Crippen LogP contribution < -0.4 is 0 Å². The number of rotatable bonds is 2. The van der Waals surface area contributed by atoms with E-state index in [2.05, 4.69) is 18.4 Å². The number of nitrogens with zero attached hydrogens (tertiary/aromatic N) is 1. The lowest BCUT2D eigenvalue weighted by Crippen LogP contribution is -2.84. The summed E-state index contributed by atoms with van der Waals surface area (Å²) in [7, 11) is 0. The van der Waals surface area contributed by atoms with Crippen LogP contribution in [0.15, 0.2) is 12.2 Å². The minimum Gasteiger partial charge on any atom is -0.395 e. The number of ether oxygens (including phenoxy) is 1. The molecule has 9 atom stereocenters. The molecule has 0 aromatic carbocycles. The first-order chi connectivity index (χ1) is 12.5. The highest BCUT2D eigenvalue weighted by atomic mass is 16.5. The molecule has 4 heteroatoms. The van der Waals surface area contributed by atoms with E-state index in [0.29, 0.717) is 24.3 Å². The van der Waals surface area contributed by atoms with Gasteiger partial charge in [-0.3, -0.25) is 4.90 Å². The highest BCUT2D eigenvalue weighted by Gasteiger charge is 2.79. The number of aliphatic hydroxyl groups is 2. The fourth-order valence-corrected chi connectivity index (χ4v) is 9.40. The van der Waals surface area contributed by atoms with Crippen LogP contribution in [0.1, 0.15) is 51.9 Å². The summed E-state index contributed by atoms with van der Waals surface area (Å²) >= 11 is 0. The Balaban J connectivity index is 1.55. The topological polar surface area (TPSA) is 52.9 Å². The predicted octanol–water partition coefficient (Wildman–Crippen LogP) is 2.55. The van der Waals surface area contributed by atoms with E-state index in [1.165, 1.54) is 44.1 Å². The van der Waals surface area contributed by atoms with Gasteiger partial charge in [-0.05, 0) is 55.8 Å². The van der Waals surface area contributed by atoms with Gasteiger partial charge in [-0.25, -0.2) is 0 Å². The van der Waals surface area contributed by atoms with Crippen LogP contribution >= 0.6 is 0 Å². The van der Waals surface area contributed by atoms with E-state index >= 15 is 0 Å². The predicted molar refractivity (Wildman–Crippen MR) is 98.2 cm³/mol. The van der Waals surface area contributed by atoms with Gasteiger partial charge < -0.3 is 14.9 Å². The first-order valence-corrected chi connectivity index (χ1v) is 10.8. The number of allylic oxidation sites excluding steroid dienone is 1. The Morgan fingerprint density at radius 1 is 1.31 bits per heavy atom. The molecule has 5 aliphatic carbocycles. The van der Waals surface area contributed by atoms with Gasteiger partial charge in [0, 0.05) is 29.8 Å². The molecule has 3 aliphatic heterocycles. The normalized spacial score (nSPS) is 60.2. The number of hydrogen-bond acceptors (Lipinski definition) is 4. The van der Waals surface area contributed by atoms with Crippen molar-refractivity contribution >= 4 is 0 Å². The molecule has 2 N–H and O–H groups in total. The maximum atomic E-state index is 11.6. The van der Waals surface area contributed by atoms with E-state index in [4.69, 9.17) is 4.74 Å². The Bertz CT molecular complexity index is 666. The number of aliphatic hydroxyl groups excluding tert-OH is 2. The van der Waals surface area contributed by atoms with E-state index in [9.17, 15) is 10.2 Å². The van der Waals surface area contributed by atoms with E-state index in [0.717, 1.165) is 13.0 Å². The molecule has 0 aromatic rings. The van der Waals surface area contributed by atoms with Gasteiger partial charge in [0.15, 0.2) is 0 Å². The molecule has 8 rings (SSSR count). The van der Waals surface area contributed by atoms with E-state index in [1.54, 1.807) is 0 Å². The third kappa shape index (κ3) is 1.60. The monoisotopic (exact) mass is 359 g/mol. The van der Waals surface area contributed by atoms with E-state index in [-0.39, 0.29) is 41.3 Å². The van der Waals surface area contributed by atoms with Gasteiger partial charge in [0.05, 0.1) is 18.8 Å². The molecule has 8 fully saturated rings. The maximum absolute atomic E-state index is 11.6. The Morgan fingerprint density at radius 3 is 2.92 bits per heavy atom. The fourth-order valence-electron chi connectivity index (χ4n) is 9.40. The summed E-state index contributed by atoms with van der Waals surface area (Å²) in [5.74, 6) is 1.72. The lowest BCUT2D eigenvalue weighted by atomic mass is 9.32. The molecular formula is C22H33NO3. The summed E-state index contributed by atoms with van der Waals surface area (Å²) in [4.78, 5) is 2.44. The lowest BCUT2D eigenvalue weighted by molar-refractivity contribution is -0.421. The number of likely N-dealkylation sites (tertiary alicyclic amines) is 1. The highest BCUT2D eigenvalue weighted by Crippen LogP contribution is 2.78. The Labute approximate surface area is 156 Å². The van der Waals surface area contributed by atoms with Crippen molar-refractivity contribution in [3.63, 3.8) is 0 Å². The van der Waals surface area contributed by atoms with Crippen molar-refractivity contribution < 1.29 is 14.9 Å². The fraction of sp³-hybridized carbons (Fsp3) is 0.909. The van der Waals surface area contributed by atoms with Gasteiger partial charge in [0.1, 0.15) is 6.23 Å². The van der Waals surface area contributed by atoms with E-state index in [1.807, 2.05) is 0 Å². The zero-order valence-corrected chi connectivity index (χ0v) is 16.0. The summed E-state index contributed by atoms with van der Waals surface area (Å²) in [6.07, 6.45) is 8.17. The zero-order chi connectivity index (χ0) is 17.9. The number of piperidine rings is 1. The standard InChI is InChI=1S/C22H33NO3/c1-13-11-21-7-4-14(13)10-15(21)22-6-3-5-20(2)12-23(8-9-24)19(22)26-18(21)16(25)17(20)22/h14-19,24-25H,1,3-12H2,2H3/t14-,15+,16-,17+,18?,19+,20?,21+,22?/m0/s1. The first-order valence-electron chi connectivity index (χ1n) is 10.8. The van der Waals surface area contributed by atoms with Crippen LogP contribution in [-0.2, 0) is 4.74 Å². The van der Waals surface area contributed by atoms with Crippen LogP contribution in [0.25, 0.3) is 0 Å². The molecular weight excluding hydrogens is 326 g/mol. The Kier molecular flexibility index (Phi) is 3.14. The molecule has 8 aliphatic rings.